The largest absolute Gasteiger partial charge is 0.507 e. The van der Waals surface area contributed by atoms with Gasteiger partial charge < -0.3 is 10.4 Å². The summed E-state index contributed by atoms with van der Waals surface area (Å²) in [5.74, 6) is 0.163. The Balaban J connectivity index is 1.63. The first-order valence-corrected chi connectivity index (χ1v) is 9.82. The van der Waals surface area contributed by atoms with Gasteiger partial charge >= 0.3 is 6.03 Å². The molecule has 1 aliphatic rings. The van der Waals surface area contributed by atoms with E-state index < -0.39 is 0 Å². The molecule has 4 aromatic rings. The number of urea groups is 1. The highest BCUT2D eigenvalue weighted by Crippen LogP contribution is 2.34. The fourth-order valence-corrected chi connectivity index (χ4v) is 3.85. The molecule has 6 nitrogen and oxygen atoms in total. The zero-order valence-electron chi connectivity index (χ0n) is 16.5. The van der Waals surface area contributed by atoms with Crippen LogP contribution in [0.3, 0.4) is 0 Å². The molecule has 2 aromatic heterocycles. The minimum Gasteiger partial charge on any atom is -0.507 e. The van der Waals surface area contributed by atoms with Crippen molar-refractivity contribution >= 4 is 22.6 Å². The molecule has 1 fully saturated rings. The number of phenolic OH excluding ortho intramolecular Hbond substituents is 1. The van der Waals surface area contributed by atoms with E-state index in [-0.39, 0.29) is 11.8 Å². The number of benzene rings is 2. The predicted octanol–water partition coefficient (Wildman–Crippen LogP) is 4.51. The van der Waals surface area contributed by atoms with E-state index in [4.69, 9.17) is 4.98 Å². The topological polar surface area (TPSA) is 78.4 Å². The standard InChI is InChI=1S/C24H20N4O2/c1-15-12-21(19-13-16(5-8-23(19)29)20-4-2-3-9-25-20)27-22-14-17(6-7-18(15)22)28-11-10-26-24(28)30/h2-9,12-14,29H,10-11H2,1H3,(H,26,30). The molecule has 1 aliphatic heterocycles. The maximum Gasteiger partial charge on any atom is 0.321 e. The second-order valence-electron chi connectivity index (χ2n) is 7.36. The van der Waals surface area contributed by atoms with Crippen LogP contribution < -0.4 is 10.2 Å². The third-order valence-electron chi connectivity index (χ3n) is 5.40. The Kier molecular flexibility index (Phi) is 4.32. The lowest BCUT2D eigenvalue weighted by atomic mass is 10.0. The lowest BCUT2D eigenvalue weighted by Gasteiger charge is -2.16. The Morgan fingerprint density at radius 2 is 1.93 bits per heavy atom. The summed E-state index contributed by atoms with van der Waals surface area (Å²) in [7, 11) is 0. The lowest BCUT2D eigenvalue weighted by molar-refractivity contribution is 0.252. The molecular formula is C24H20N4O2. The highest BCUT2D eigenvalue weighted by atomic mass is 16.3. The second-order valence-corrected chi connectivity index (χ2v) is 7.36. The van der Waals surface area contributed by atoms with Gasteiger partial charge in [-0.2, -0.15) is 0 Å². The molecule has 1 saturated heterocycles. The van der Waals surface area contributed by atoms with Crippen molar-refractivity contribution in [3.05, 3.63) is 72.4 Å². The number of anilines is 1. The van der Waals surface area contributed by atoms with Crippen LogP contribution in [0.4, 0.5) is 10.5 Å². The van der Waals surface area contributed by atoms with E-state index in [0.29, 0.717) is 24.3 Å². The van der Waals surface area contributed by atoms with E-state index in [9.17, 15) is 9.90 Å². The molecule has 2 N–H and O–H groups in total. The Morgan fingerprint density at radius 1 is 1.03 bits per heavy atom. The molecule has 0 aliphatic carbocycles. The Hall–Kier alpha value is -3.93. The number of rotatable bonds is 3. The van der Waals surface area contributed by atoms with Crippen molar-refractivity contribution in [3.63, 3.8) is 0 Å². The number of aryl methyl sites for hydroxylation is 1. The van der Waals surface area contributed by atoms with Gasteiger partial charge in [0.05, 0.1) is 16.9 Å². The minimum atomic E-state index is -0.0945. The number of pyridine rings is 2. The van der Waals surface area contributed by atoms with Gasteiger partial charge in [-0.25, -0.2) is 9.78 Å². The van der Waals surface area contributed by atoms with E-state index in [0.717, 1.165) is 33.4 Å². The average Bonchev–Trinajstić information content (AvgIpc) is 3.20. The number of aromatic nitrogens is 2. The number of hydrogen-bond acceptors (Lipinski definition) is 4. The van der Waals surface area contributed by atoms with Crippen molar-refractivity contribution in [1.82, 2.24) is 15.3 Å². The van der Waals surface area contributed by atoms with Crippen molar-refractivity contribution in [2.24, 2.45) is 0 Å². The number of fused-ring (bicyclic) bond motifs is 1. The van der Waals surface area contributed by atoms with Gasteiger partial charge in [-0.1, -0.05) is 12.1 Å². The second kappa shape index (κ2) is 7.15. The van der Waals surface area contributed by atoms with Crippen LogP contribution in [-0.4, -0.2) is 34.2 Å². The minimum absolute atomic E-state index is 0.0945. The number of aromatic hydroxyl groups is 1. The van der Waals surface area contributed by atoms with Crippen molar-refractivity contribution in [2.75, 3.05) is 18.0 Å². The van der Waals surface area contributed by atoms with E-state index >= 15 is 0 Å². The molecular weight excluding hydrogens is 376 g/mol. The smallest absolute Gasteiger partial charge is 0.321 e. The molecule has 0 bridgehead atoms. The monoisotopic (exact) mass is 396 g/mol. The highest BCUT2D eigenvalue weighted by molar-refractivity contribution is 5.97. The van der Waals surface area contributed by atoms with E-state index in [1.165, 1.54) is 0 Å². The quantitative estimate of drug-likeness (QED) is 0.534. The van der Waals surface area contributed by atoms with Crippen LogP contribution in [0.15, 0.2) is 66.9 Å². The number of hydrogen-bond donors (Lipinski definition) is 2. The zero-order chi connectivity index (χ0) is 20.7. The first-order chi connectivity index (χ1) is 14.6. The van der Waals surface area contributed by atoms with Crippen LogP contribution in [0.1, 0.15) is 5.56 Å². The van der Waals surface area contributed by atoms with E-state index in [1.54, 1.807) is 17.2 Å². The SMILES string of the molecule is Cc1cc(-c2cc(-c3ccccn3)ccc2O)nc2cc(N3CCNC3=O)ccc12. The van der Waals surface area contributed by atoms with Crippen LogP contribution in [-0.2, 0) is 0 Å². The fraction of sp³-hybridized carbons (Fsp3) is 0.125. The van der Waals surface area contributed by atoms with E-state index in [1.807, 2.05) is 61.5 Å². The Labute approximate surface area is 173 Å². The van der Waals surface area contributed by atoms with Crippen molar-refractivity contribution < 1.29 is 9.90 Å². The number of carbonyl (C=O) groups excluding carboxylic acids is 1. The van der Waals surface area contributed by atoms with Gasteiger partial charge in [0, 0.05) is 41.5 Å². The van der Waals surface area contributed by atoms with Crippen molar-refractivity contribution in [1.29, 1.82) is 0 Å². The molecule has 6 heteroatoms. The first kappa shape index (κ1) is 18.1. The Bertz CT molecular complexity index is 1270. The molecule has 0 atom stereocenters. The van der Waals surface area contributed by atoms with E-state index in [2.05, 4.69) is 10.3 Å². The van der Waals surface area contributed by atoms with Gasteiger partial charge in [-0.05, 0) is 61.0 Å². The summed E-state index contributed by atoms with van der Waals surface area (Å²) in [6.07, 6.45) is 1.75. The summed E-state index contributed by atoms with van der Waals surface area (Å²) in [4.78, 5) is 23.0. The first-order valence-electron chi connectivity index (χ1n) is 9.82. The molecule has 0 spiro atoms. The van der Waals surface area contributed by atoms with Crippen LogP contribution in [0.25, 0.3) is 33.4 Å². The molecule has 2 amide bonds. The van der Waals surface area contributed by atoms with Crippen LogP contribution >= 0.6 is 0 Å². The number of carbonyl (C=O) groups is 1. The van der Waals surface area contributed by atoms with Gasteiger partial charge in [-0.15, -0.1) is 0 Å². The summed E-state index contributed by atoms with van der Waals surface area (Å²) >= 11 is 0. The number of nitrogens with zero attached hydrogens (tertiary/aromatic N) is 3. The molecule has 0 unspecified atom stereocenters. The summed E-state index contributed by atoms with van der Waals surface area (Å²) in [6.45, 7) is 3.29. The summed E-state index contributed by atoms with van der Waals surface area (Å²) in [5.41, 5.74) is 5.71. The molecule has 5 rings (SSSR count). The number of amides is 2. The van der Waals surface area contributed by atoms with Gasteiger partial charge in [0.25, 0.3) is 0 Å². The molecule has 3 heterocycles. The van der Waals surface area contributed by atoms with Crippen LogP contribution in [0, 0.1) is 6.92 Å². The van der Waals surface area contributed by atoms with Crippen molar-refractivity contribution in [2.45, 2.75) is 6.92 Å². The lowest BCUT2D eigenvalue weighted by Crippen LogP contribution is -2.27. The van der Waals surface area contributed by atoms with Gasteiger partial charge in [0.1, 0.15) is 5.75 Å². The summed E-state index contributed by atoms with van der Waals surface area (Å²) in [6, 6.07) is 18.9. The van der Waals surface area contributed by atoms with Gasteiger partial charge in [-0.3, -0.25) is 9.88 Å². The molecule has 148 valence electrons. The summed E-state index contributed by atoms with van der Waals surface area (Å²) < 4.78 is 0. The maximum absolute atomic E-state index is 12.0. The molecule has 2 aromatic carbocycles. The van der Waals surface area contributed by atoms with Crippen LogP contribution in [0.2, 0.25) is 0 Å². The molecule has 0 radical (unpaired) electrons. The Morgan fingerprint density at radius 3 is 2.70 bits per heavy atom. The normalized spacial score (nSPS) is 13.6. The van der Waals surface area contributed by atoms with Crippen molar-refractivity contribution in [3.8, 4) is 28.3 Å². The third-order valence-corrected chi connectivity index (χ3v) is 5.40. The molecule has 0 saturated carbocycles. The summed E-state index contributed by atoms with van der Waals surface area (Å²) in [5, 5.41) is 14.4. The number of phenols is 1. The highest BCUT2D eigenvalue weighted by Gasteiger charge is 2.21. The predicted molar refractivity (Wildman–Crippen MR) is 118 cm³/mol. The zero-order valence-corrected chi connectivity index (χ0v) is 16.5. The average molecular weight is 396 g/mol. The number of nitrogens with one attached hydrogen (secondary N) is 1. The van der Waals surface area contributed by atoms with Gasteiger partial charge in [0.15, 0.2) is 0 Å². The molecule has 30 heavy (non-hydrogen) atoms. The van der Waals surface area contributed by atoms with Gasteiger partial charge in [0.2, 0.25) is 0 Å². The third kappa shape index (κ3) is 3.12. The fourth-order valence-electron chi connectivity index (χ4n) is 3.85. The van der Waals surface area contributed by atoms with Crippen LogP contribution in [0.5, 0.6) is 5.75 Å². The maximum atomic E-state index is 12.0.